The van der Waals surface area contributed by atoms with Gasteiger partial charge >= 0.3 is 17.9 Å². The molecule has 0 bridgehead atoms. The van der Waals surface area contributed by atoms with Gasteiger partial charge in [-0.25, -0.2) is 0 Å². The van der Waals surface area contributed by atoms with Crippen LogP contribution in [0, 0.1) is 23.7 Å². The molecule has 3 aliphatic carbocycles. The highest BCUT2D eigenvalue weighted by molar-refractivity contribution is 5.85. The molecule has 6 atom stereocenters. The van der Waals surface area contributed by atoms with Crippen LogP contribution in [-0.4, -0.2) is 95.5 Å². The molecule has 3 fully saturated rings. The van der Waals surface area contributed by atoms with Crippen LogP contribution in [0.1, 0.15) is 85.0 Å². The fraction of sp³-hybridized carbons (Fsp3) is 0.893. The molecule has 0 aliphatic heterocycles. The Balaban J connectivity index is 0.000000552. The lowest BCUT2D eigenvalue weighted by Crippen LogP contribution is -2.25. The zero-order valence-electron chi connectivity index (χ0n) is 24.5. The standard InChI is InChI=1S/C12H20O4.C8H15NO2.C8H17NO.ClH/c1-12(2,3)16-10(13)7-8-4-5-9(6-8)11(14)15;1-9(2)7-4-3-6(5-7)8(10)11;1-9(2)8-4-3-7(5-8)6-10;/h8-9H,4-7H2,1-3H3,(H,14,15);6-7H,3-5H2,1-2H3,(H,10,11);7-8,10H,3-6H2,1-2H3;1H/t8-,9+;6-,7?;7-,8?;/m011./s1. The van der Waals surface area contributed by atoms with E-state index < -0.39 is 17.5 Å². The van der Waals surface area contributed by atoms with Crippen LogP contribution in [0.5, 0.6) is 0 Å². The molecule has 38 heavy (non-hydrogen) atoms. The van der Waals surface area contributed by atoms with E-state index in [9.17, 15) is 14.4 Å². The van der Waals surface area contributed by atoms with E-state index in [1.807, 2.05) is 34.9 Å². The van der Waals surface area contributed by atoms with Crippen LogP contribution in [0.2, 0.25) is 0 Å². The van der Waals surface area contributed by atoms with Gasteiger partial charge in [0.2, 0.25) is 0 Å². The largest absolute Gasteiger partial charge is 0.481 e. The number of carbonyl (C=O) groups is 3. The highest BCUT2D eigenvalue weighted by Gasteiger charge is 2.32. The van der Waals surface area contributed by atoms with Crippen molar-refractivity contribution in [2.45, 2.75) is 103 Å². The van der Waals surface area contributed by atoms with Gasteiger partial charge in [0.25, 0.3) is 0 Å². The molecule has 0 heterocycles. The van der Waals surface area contributed by atoms with Gasteiger partial charge in [0.1, 0.15) is 5.60 Å². The van der Waals surface area contributed by atoms with E-state index in [0.29, 0.717) is 37.8 Å². The summed E-state index contributed by atoms with van der Waals surface area (Å²) in [7, 11) is 8.25. The van der Waals surface area contributed by atoms with E-state index in [1.54, 1.807) is 0 Å². The van der Waals surface area contributed by atoms with Crippen molar-refractivity contribution in [3.8, 4) is 0 Å². The van der Waals surface area contributed by atoms with Gasteiger partial charge in [-0.1, -0.05) is 0 Å². The number of halogens is 1. The highest BCUT2D eigenvalue weighted by Crippen LogP contribution is 2.34. The molecule has 0 saturated heterocycles. The fourth-order valence-electron chi connectivity index (χ4n) is 5.44. The Bertz CT molecular complexity index is 726. The third-order valence-corrected chi connectivity index (χ3v) is 7.75. The number of ether oxygens (including phenoxy) is 1. The molecular formula is C28H53ClN2O7. The maximum atomic E-state index is 11.5. The van der Waals surface area contributed by atoms with Gasteiger partial charge < -0.3 is 29.9 Å². The van der Waals surface area contributed by atoms with Gasteiger partial charge in [-0.3, -0.25) is 14.4 Å². The molecule has 10 heteroatoms. The van der Waals surface area contributed by atoms with Crippen molar-refractivity contribution in [1.29, 1.82) is 0 Å². The van der Waals surface area contributed by atoms with Crippen LogP contribution in [0.3, 0.4) is 0 Å². The lowest BCUT2D eigenvalue weighted by Gasteiger charge is -2.20. The lowest BCUT2D eigenvalue weighted by atomic mass is 10.0. The zero-order valence-corrected chi connectivity index (χ0v) is 25.3. The second-order valence-corrected chi connectivity index (χ2v) is 12.4. The Morgan fingerprint density at radius 3 is 1.53 bits per heavy atom. The number of aliphatic hydroxyl groups is 1. The number of carbonyl (C=O) groups excluding carboxylic acids is 1. The number of nitrogens with zero attached hydrogens (tertiary/aromatic N) is 2. The van der Waals surface area contributed by atoms with Crippen LogP contribution < -0.4 is 0 Å². The minimum Gasteiger partial charge on any atom is -0.481 e. The molecule has 3 aliphatic rings. The summed E-state index contributed by atoms with van der Waals surface area (Å²) in [4.78, 5) is 37.2. The monoisotopic (exact) mass is 564 g/mol. The zero-order chi connectivity index (χ0) is 28.3. The molecule has 9 nitrogen and oxygen atoms in total. The molecule has 0 spiro atoms. The number of carboxylic acids is 2. The normalized spacial score (nSPS) is 28.6. The molecule has 3 N–H and O–H groups in total. The summed E-state index contributed by atoms with van der Waals surface area (Å²) in [5, 5.41) is 26.4. The van der Waals surface area contributed by atoms with Crippen molar-refractivity contribution >= 4 is 30.3 Å². The maximum Gasteiger partial charge on any atom is 0.306 e. The number of carboxylic acid groups (broad SMARTS) is 2. The summed E-state index contributed by atoms with van der Waals surface area (Å²) in [6, 6.07) is 1.20. The van der Waals surface area contributed by atoms with Gasteiger partial charge in [0, 0.05) is 25.1 Å². The highest BCUT2D eigenvalue weighted by atomic mass is 35.5. The molecule has 0 radical (unpaired) electrons. The van der Waals surface area contributed by atoms with Crippen LogP contribution >= 0.6 is 12.4 Å². The number of aliphatic carboxylic acids is 2. The number of aliphatic hydroxyl groups excluding tert-OH is 1. The van der Waals surface area contributed by atoms with Gasteiger partial charge in [0.05, 0.1) is 11.8 Å². The lowest BCUT2D eigenvalue weighted by molar-refractivity contribution is -0.156. The summed E-state index contributed by atoms with van der Waals surface area (Å²) in [5.74, 6) is -1.21. The Hall–Kier alpha value is -1.42. The third-order valence-electron chi connectivity index (χ3n) is 7.75. The fourth-order valence-corrected chi connectivity index (χ4v) is 5.44. The van der Waals surface area contributed by atoms with Crippen molar-refractivity contribution in [2.75, 3.05) is 34.8 Å². The van der Waals surface area contributed by atoms with Crippen molar-refractivity contribution in [3.63, 3.8) is 0 Å². The van der Waals surface area contributed by atoms with Crippen molar-refractivity contribution < 1.29 is 34.4 Å². The Labute approximate surface area is 235 Å². The molecule has 0 amide bonds. The van der Waals surface area contributed by atoms with Gasteiger partial charge in [-0.05, 0) is 119 Å². The first-order valence-electron chi connectivity index (χ1n) is 13.7. The van der Waals surface area contributed by atoms with E-state index in [4.69, 9.17) is 20.1 Å². The number of esters is 1. The van der Waals surface area contributed by atoms with Crippen LogP contribution in [0.15, 0.2) is 0 Å². The van der Waals surface area contributed by atoms with Crippen LogP contribution in [0.25, 0.3) is 0 Å². The first-order valence-corrected chi connectivity index (χ1v) is 13.7. The molecule has 224 valence electrons. The summed E-state index contributed by atoms with van der Waals surface area (Å²) in [6.45, 7) is 5.88. The quantitative estimate of drug-likeness (QED) is 0.390. The average Bonchev–Trinajstić information content (AvgIpc) is 3.53. The topological polar surface area (TPSA) is 128 Å². The predicted molar refractivity (Wildman–Crippen MR) is 151 cm³/mol. The predicted octanol–water partition coefficient (Wildman–Crippen LogP) is 4.15. The summed E-state index contributed by atoms with van der Waals surface area (Å²) in [5.41, 5.74) is -0.456. The second kappa shape index (κ2) is 17.3. The maximum absolute atomic E-state index is 11.5. The molecule has 2 unspecified atom stereocenters. The van der Waals surface area contributed by atoms with Crippen LogP contribution in [0.4, 0.5) is 0 Å². The summed E-state index contributed by atoms with van der Waals surface area (Å²) in [6.07, 6.45) is 8.81. The molecular weight excluding hydrogens is 512 g/mol. The Kier molecular flexibility index (Phi) is 16.7. The Morgan fingerprint density at radius 1 is 0.737 bits per heavy atom. The van der Waals surface area contributed by atoms with Crippen molar-refractivity contribution in [2.24, 2.45) is 23.7 Å². The number of hydrogen-bond acceptors (Lipinski definition) is 7. The van der Waals surface area contributed by atoms with E-state index in [-0.39, 0.29) is 36.1 Å². The van der Waals surface area contributed by atoms with E-state index >= 15 is 0 Å². The number of hydrogen-bond donors (Lipinski definition) is 3. The minimum absolute atomic E-state index is 0. The molecule has 3 rings (SSSR count). The van der Waals surface area contributed by atoms with Crippen LogP contribution in [-0.2, 0) is 19.1 Å². The molecule has 3 saturated carbocycles. The number of rotatable bonds is 7. The van der Waals surface area contributed by atoms with E-state index in [0.717, 1.165) is 31.7 Å². The van der Waals surface area contributed by atoms with Gasteiger partial charge in [-0.2, -0.15) is 0 Å². The van der Waals surface area contributed by atoms with E-state index in [2.05, 4.69) is 23.9 Å². The SMILES string of the molecule is CC(C)(C)OC(=O)C[C@H]1CC[C@@H](C(=O)O)C1.CN(C)C1CC[C@@H](C(=O)O)C1.CN(C)C1CC[C@@H](CO)C1.Cl. The summed E-state index contributed by atoms with van der Waals surface area (Å²) >= 11 is 0. The smallest absolute Gasteiger partial charge is 0.306 e. The minimum atomic E-state index is -0.744. The van der Waals surface area contributed by atoms with Gasteiger partial charge in [0.15, 0.2) is 0 Å². The average molecular weight is 565 g/mol. The van der Waals surface area contributed by atoms with E-state index in [1.165, 1.54) is 19.3 Å². The molecule has 0 aromatic heterocycles. The first kappa shape index (κ1) is 36.6. The van der Waals surface area contributed by atoms with Crippen molar-refractivity contribution in [1.82, 2.24) is 9.80 Å². The second-order valence-electron chi connectivity index (χ2n) is 12.4. The Morgan fingerprint density at radius 2 is 1.18 bits per heavy atom. The van der Waals surface area contributed by atoms with Crippen molar-refractivity contribution in [3.05, 3.63) is 0 Å². The molecule has 0 aromatic rings. The first-order chi connectivity index (χ1) is 17.1. The van der Waals surface area contributed by atoms with Gasteiger partial charge in [-0.15, -0.1) is 12.4 Å². The third kappa shape index (κ3) is 14.1. The molecule has 0 aromatic carbocycles. The summed E-state index contributed by atoms with van der Waals surface area (Å²) < 4.78 is 5.21.